The number of allylic oxidation sites excluding steroid dienone is 5. The van der Waals surface area contributed by atoms with E-state index in [1.165, 1.54) is 11.8 Å². The lowest BCUT2D eigenvalue weighted by Crippen LogP contribution is -2.33. The van der Waals surface area contributed by atoms with Crippen molar-refractivity contribution in [1.82, 2.24) is 15.2 Å². The summed E-state index contributed by atoms with van der Waals surface area (Å²) in [5, 5.41) is 8.48. The third-order valence-electron chi connectivity index (χ3n) is 4.59. The number of carbonyl (C=O) groups excluding carboxylic acids is 2. The third-order valence-corrected chi connectivity index (χ3v) is 4.59. The second-order valence-electron chi connectivity index (χ2n) is 7.50. The number of ether oxygens (including phenoxy) is 1. The van der Waals surface area contributed by atoms with E-state index in [1.54, 1.807) is 36.5 Å². The number of nitrogens with one attached hydrogen (secondary N) is 1. The molecule has 9 heteroatoms. The number of hydrazone groups is 1. The lowest BCUT2D eigenvalue weighted by atomic mass is 10.0. The van der Waals surface area contributed by atoms with Gasteiger partial charge in [-0.3, -0.25) is 14.8 Å². The molecule has 1 N–H and O–H groups in total. The van der Waals surface area contributed by atoms with E-state index in [0.29, 0.717) is 36.4 Å². The Morgan fingerprint density at radius 1 is 1.42 bits per heavy atom. The van der Waals surface area contributed by atoms with Gasteiger partial charge in [-0.25, -0.2) is 9.18 Å². The van der Waals surface area contributed by atoms with Crippen LogP contribution in [-0.2, 0) is 9.53 Å². The van der Waals surface area contributed by atoms with E-state index in [4.69, 9.17) is 4.74 Å². The van der Waals surface area contributed by atoms with Crippen LogP contribution in [0.5, 0.6) is 0 Å². The number of halogens is 1. The number of rotatable bonds is 13. The van der Waals surface area contributed by atoms with E-state index in [1.807, 2.05) is 27.0 Å². The molecule has 2 amide bonds. The van der Waals surface area contributed by atoms with Gasteiger partial charge in [-0.15, -0.1) is 0 Å². The molecule has 0 saturated carbocycles. The quantitative estimate of drug-likeness (QED) is 0.255. The SMILES string of the molecule is C=C(CN(C)/N=C\C)N=CC(=C\CC)/C(/C=C\CN1CC(CNC(C)=O)OC1=O)=C(\F)CC. The fraction of sp³-hybridized carbons (Fsp3) is 0.500. The molecule has 0 aromatic heterocycles. The van der Waals surface area contributed by atoms with Gasteiger partial charge in [-0.1, -0.05) is 38.7 Å². The largest absolute Gasteiger partial charge is 0.442 e. The third kappa shape index (κ3) is 10.3. The van der Waals surface area contributed by atoms with Gasteiger partial charge >= 0.3 is 6.09 Å². The van der Waals surface area contributed by atoms with Crippen LogP contribution in [0.4, 0.5) is 9.18 Å². The summed E-state index contributed by atoms with van der Waals surface area (Å²) in [5.41, 5.74) is 1.65. The Morgan fingerprint density at radius 2 is 2.15 bits per heavy atom. The molecule has 1 rings (SSSR count). The molecule has 1 heterocycles. The van der Waals surface area contributed by atoms with E-state index < -0.39 is 12.2 Å². The zero-order valence-corrected chi connectivity index (χ0v) is 20.3. The lowest BCUT2D eigenvalue weighted by Gasteiger charge is -2.12. The van der Waals surface area contributed by atoms with Crippen LogP contribution >= 0.6 is 0 Å². The van der Waals surface area contributed by atoms with Crippen LogP contribution in [0, 0.1) is 0 Å². The normalized spacial score (nSPS) is 17.8. The molecule has 33 heavy (non-hydrogen) atoms. The van der Waals surface area contributed by atoms with Crippen molar-refractivity contribution < 1.29 is 18.7 Å². The van der Waals surface area contributed by atoms with Crippen molar-refractivity contribution in [2.45, 2.75) is 46.6 Å². The zero-order chi connectivity index (χ0) is 24.8. The van der Waals surface area contributed by atoms with Crippen LogP contribution in [0.15, 0.2) is 57.6 Å². The summed E-state index contributed by atoms with van der Waals surface area (Å²) in [6, 6.07) is 0. The maximum Gasteiger partial charge on any atom is 0.410 e. The Kier molecular flexibility index (Phi) is 12.4. The van der Waals surface area contributed by atoms with Crippen LogP contribution in [0.25, 0.3) is 0 Å². The van der Waals surface area contributed by atoms with E-state index in [2.05, 4.69) is 22.0 Å². The minimum absolute atomic E-state index is 0.182. The maximum atomic E-state index is 14.8. The number of amides is 2. The van der Waals surface area contributed by atoms with Gasteiger partial charge in [0.15, 0.2) is 0 Å². The Labute approximate surface area is 196 Å². The predicted molar refractivity (Wildman–Crippen MR) is 131 cm³/mol. The summed E-state index contributed by atoms with van der Waals surface area (Å²) in [6.45, 7) is 12.2. The highest BCUT2D eigenvalue weighted by molar-refractivity contribution is 5.87. The van der Waals surface area contributed by atoms with Crippen molar-refractivity contribution in [1.29, 1.82) is 0 Å². The highest BCUT2D eigenvalue weighted by Gasteiger charge is 2.30. The Balaban J connectivity index is 2.90. The summed E-state index contributed by atoms with van der Waals surface area (Å²) in [7, 11) is 1.82. The molecular weight excluding hydrogens is 425 g/mol. The molecule has 1 aliphatic heterocycles. The molecule has 1 saturated heterocycles. The number of hydrogen-bond acceptors (Lipinski definition) is 6. The molecule has 1 fully saturated rings. The van der Waals surface area contributed by atoms with Crippen LogP contribution in [-0.4, -0.2) is 73.7 Å². The predicted octanol–water partition coefficient (Wildman–Crippen LogP) is 3.99. The lowest BCUT2D eigenvalue weighted by molar-refractivity contribution is -0.119. The van der Waals surface area contributed by atoms with Crippen LogP contribution < -0.4 is 5.32 Å². The van der Waals surface area contributed by atoms with Crippen LogP contribution in [0.2, 0.25) is 0 Å². The van der Waals surface area contributed by atoms with Crippen molar-refractivity contribution in [3.63, 3.8) is 0 Å². The molecule has 8 nitrogen and oxygen atoms in total. The number of carbonyl (C=O) groups is 2. The van der Waals surface area contributed by atoms with Gasteiger partial charge in [0.05, 0.1) is 25.3 Å². The molecule has 1 aliphatic rings. The van der Waals surface area contributed by atoms with Gasteiger partial charge in [0.1, 0.15) is 11.9 Å². The topological polar surface area (TPSA) is 86.6 Å². The summed E-state index contributed by atoms with van der Waals surface area (Å²) in [6.07, 6.45) is 8.64. The first kappa shape index (κ1) is 27.8. The second-order valence-corrected chi connectivity index (χ2v) is 7.50. The van der Waals surface area contributed by atoms with Crippen LogP contribution in [0.3, 0.4) is 0 Å². The monoisotopic (exact) mass is 461 g/mol. The van der Waals surface area contributed by atoms with Gasteiger partial charge in [0.25, 0.3) is 0 Å². The van der Waals surface area contributed by atoms with E-state index >= 15 is 0 Å². The average Bonchev–Trinajstić information content (AvgIpc) is 3.12. The number of cyclic esters (lactones) is 1. The number of hydrogen-bond donors (Lipinski definition) is 1. The first-order chi connectivity index (χ1) is 15.7. The van der Waals surface area contributed by atoms with E-state index in [-0.39, 0.29) is 31.2 Å². The summed E-state index contributed by atoms with van der Waals surface area (Å²) < 4.78 is 20.0. The zero-order valence-electron chi connectivity index (χ0n) is 20.3. The first-order valence-electron chi connectivity index (χ1n) is 11.1. The molecule has 0 aromatic carbocycles. The smallest absolute Gasteiger partial charge is 0.410 e. The second kappa shape index (κ2) is 14.8. The van der Waals surface area contributed by atoms with Gasteiger partial charge in [-0.2, -0.15) is 5.10 Å². The van der Waals surface area contributed by atoms with Gasteiger partial charge in [0.2, 0.25) is 5.91 Å². The number of aliphatic imine (C=N–C) groups is 1. The average molecular weight is 462 g/mol. The fourth-order valence-corrected chi connectivity index (χ4v) is 3.07. The minimum Gasteiger partial charge on any atom is -0.442 e. The first-order valence-corrected chi connectivity index (χ1v) is 11.1. The Bertz CT molecular complexity index is 845. The standard InChI is InChI=1S/C24H36FN5O3/c1-7-11-20(14-26-18(4)16-29(6)28-9-3)22(23(25)8-2)12-10-13-30-17-21(33-24(30)32)15-27-19(5)31/h9-12,14,21H,4,7-8,13,15-17H2,1-3,5-6H3,(H,27,31)/b12-10-,20-11+,23-22-,26-14?,28-9-. The minimum atomic E-state index is -0.461. The molecule has 0 spiro atoms. The Morgan fingerprint density at radius 3 is 2.76 bits per heavy atom. The molecule has 0 aromatic rings. The van der Waals surface area contributed by atoms with Crippen molar-refractivity contribution in [2.24, 2.45) is 10.1 Å². The summed E-state index contributed by atoms with van der Waals surface area (Å²) in [4.78, 5) is 29.0. The van der Waals surface area contributed by atoms with E-state index in [9.17, 15) is 14.0 Å². The van der Waals surface area contributed by atoms with Crippen molar-refractivity contribution >= 4 is 24.4 Å². The fourth-order valence-electron chi connectivity index (χ4n) is 3.07. The molecule has 0 bridgehead atoms. The highest BCUT2D eigenvalue weighted by Crippen LogP contribution is 2.21. The number of likely N-dealkylation sites (N-methyl/N-ethyl adjacent to an activating group) is 1. The van der Waals surface area contributed by atoms with Crippen LogP contribution in [0.1, 0.15) is 40.5 Å². The summed E-state index contributed by atoms with van der Waals surface area (Å²) in [5.74, 6) is -0.457. The van der Waals surface area contributed by atoms with Gasteiger partial charge in [0, 0.05) is 38.5 Å². The molecule has 1 unspecified atom stereocenters. The van der Waals surface area contributed by atoms with Crippen molar-refractivity contribution in [2.75, 3.05) is 33.2 Å². The highest BCUT2D eigenvalue weighted by atomic mass is 19.1. The molecule has 0 aliphatic carbocycles. The van der Waals surface area contributed by atoms with E-state index in [0.717, 1.165) is 0 Å². The Hall–Kier alpha value is -3.23. The van der Waals surface area contributed by atoms with Crippen molar-refractivity contribution in [3.8, 4) is 0 Å². The molecular formula is C24H36FN5O3. The maximum absolute atomic E-state index is 14.8. The number of nitrogens with zero attached hydrogens (tertiary/aromatic N) is 4. The summed E-state index contributed by atoms with van der Waals surface area (Å²) >= 11 is 0. The van der Waals surface area contributed by atoms with Gasteiger partial charge < -0.3 is 15.0 Å². The molecule has 1 atom stereocenters. The van der Waals surface area contributed by atoms with Crippen molar-refractivity contribution in [3.05, 3.63) is 47.5 Å². The molecule has 0 radical (unpaired) electrons. The molecule has 182 valence electrons. The van der Waals surface area contributed by atoms with Gasteiger partial charge in [-0.05, 0) is 25.3 Å².